The number of hydrogen-bond donors (Lipinski definition) is 2. The molecule has 0 spiro atoms. The zero-order chi connectivity index (χ0) is 17.8. The highest BCUT2D eigenvalue weighted by Crippen LogP contribution is 2.28. The van der Waals surface area contributed by atoms with Crippen molar-refractivity contribution >= 4 is 17.7 Å². The average Bonchev–Trinajstić information content (AvgIpc) is 3.10. The topological polar surface area (TPSA) is 78.9 Å². The molecule has 2 amide bonds. The Bertz CT molecular complexity index is 646. The van der Waals surface area contributed by atoms with Gasteiger partial charge in [-0.15, -0.1) is 0 Å². The lowest BCUT2D eigenvalue weighted by atomic mass is 9.99. The van der Waals surface area contributed by atoms with Gasteiger partial charge >= 0.3 is 12.0 Å². The standard InChI is InChI=1S/C18H23FN2O4/c19-15-10-13(7-8-16(15)25-14-5-1-2-6-14)20-18(24)21-9-3-4-12(11-21)17(22)23/h7-8,10,12,14H,1-6,9,11H2,(H,20,24)(H,22,23). The molecular weight excluding hydrogens is 327 g/mol. The Balaban J connectivity index is 1.59. The van der Waals surface area contributed by atoms with E-state index in [4.69, 9.17) is 9.84 Å². The highest BCUT2D eigenvalue weighted by molar-refractivity contribution is 5.89. The maximum Gasteiger partial charge on any atom is 0.321 e. The zero-order valence-electron chi connectivity index (χ0n) is 14.0. The second-order valence-corrected chi connectivity index (χ2v) is 6.72. The number of nitrogens with zero attached hydrogens (tertiary/aromatic N) is 1. The fourth-order valence-corrected chi connectivity index (χ4v) is 3.43. The Morgan fingerprint density at radius 2 is 1.96 bits per heavy atom. The molecule has 1 heterocycles. The van der Waals surface area contributed by atoms with Gasteiger partial charge in [-0.3, -0.25) is 4.79 Å². The maximum atomic E-state index is 14.2. The molecule has 136 valence electrons. The van der Waals surface area contributed by atoms with Gasteiger partial charge in [0, 0.05) is 24.8 Å². The highest BCUT2D eigenvalue weighted by atomic mass is 19.1. The number of ether oxygens (including phenoxy) is 1. The van der Waals surface area contributed by atoms with Crippen molar-refractivity contribution in [3.05, 3.63) is 24.0 Å². The molecule has 1 aromatic carbocycles. The number of urea groups is 1. The molecule has 3 rings (SSSR count). The first-order chi connectivity index (χ1) is 12.0. The molecule has 0 radical (unpaired) electrons. The lowest BCUT2D eigenvalue weighted by Crippen LogP contribution is -2.44. The number of anilines is 1. The number of piperidine rings is 1. The third-order valence-electron chi connectivity index (χ3n) is 4.84. The van der Waals surface area contributed by atoms with E-state index >= 15 is 0 Å². The van der Waals surface area contributed by atoms with Gasteiger partial charge in [0.2, 0.25) is 0 Å². The Kier molecular flexibility index (Phi) is 5.40. The number of benzene rings is 1. The number of carboxylic acids is 1. The largest absolute Gasteiger partial charge is 0.487 e. The van der Waals surface area contributed by atoms with Crippen LogP contribution in [-0.4, -0.2) is 41.2 Å². The summed E-state index contributed by atoms with van der Waals surface area (Å²) in [5.41, 5.74) is 0.332. The van der Waals surface area contributed by atoms with Crippen molar-refractivity contribution in [2.75, 3.05) is 18.4 Å². The third-order valence-corrected chi connectivity index (χ3v) is 4.84. The fraction of sp³-hybridized carbons (Fsp3) is 0.556. The van der Waals surface area contributed by atoms with Gasteiger partial charge in [0.25, 0.3) is 0 Å². The summed E-state index contributed by atoms with van der Waals surface area (Å²) in [5, 5.41) is 11.7. The molecule has 0 aromatic heterocycles. The van der Waals surface area contributed by atoms with Crippen LogP contribution in [0.2, 0.25) is 0 Å². The smallest absolute Gasteiger partial charge is 0.321 e. The van der Waals surface area contributed by atoms with Crippen LogP contribution >= 0.6 is 0 Å². The second kappa shape index (κ2) is 7.72. The summed E-state index contributed by atoms with van der Waals surface area (Å²) in [7, 11) is 0. The summed E-state index contributed by atoms with van der Waals surface area (Å²) in [6.45, 7) is 0.674. The summed E-state index contributed by atoms with van der Waals surface area (Å²) in [6.07, 6.45) is 5.38. The Morgan fingerprint density at radius 3 is 2.64 bits per heavy atom. The molecule has 2 aliphatic rings. The Labute approximate surface area is 146 Å². The van der Waals surface area contributed by atoms with Gasteiger partial charge in [-0.2, -0.15) is 0 Å². The zero-order valence-corrected chi connectivity index (χ0v) is 14.0. The van der Waals surface area contributed by atoms with Gasteiger partial charge < -0.3 is 20.1 Å². The molecule has 1 unspecified atom stereocenters. The SMILES string of the molecule is O=C(O)C1CCCN(C(=O)Nc2ccc(OC3CCCC3)c(F)c2)C1. The average molecular weight is 350 g/mol. The van der Waals surface area contributed by atoms with Crippen LogP contribution in [0.5, 0.6) is 5.75 Å². The first-order valence-corrected chi connectivity index (χ1v) is 8.78. The van der Waals surface area contributed by atoms with Crippen LogP contribution in [0, 0.1) is 11.7 Å². The minimum Gasteiger partial charge on any atom is -0.487 e. The van der Waals surface area contributed by atoms with E-state index in [9.17, 15) is 14.0 Å². The predicted molar refractivity (Wildman–Crippen MR) is 90.2 cm³/mol. The monoisotopic (exact) mass is 350 g/mol. The number of nitrogens with one attached hydrogen (secondary N) is 1. The summed E-state index contributed by atoms with van der Waals surface area (Å²) in [4.78, 5) is 24.8. The first-order valence-electron chi connectivity index (χ1n) is 8.78. The van der Waals surface area contributed by atoms with Gasteiger partial charge in [-0.1, -0.05) is 0 Å². The molecule has 2 N–H and O–H groups in total. The molecule has 25 heavy (non-hydrogen) atoms. The molecule has 1 aliphatic carbocycles. The number of aliphatic carboxylic acids is 1. The molecule has 1 saturated carbocycles. The number of rotatable bonds is 4. The molecule has 6 nitrogen and oxygen atoms in total. The second-order valence-electron chi connectivity index (χ2n) is 6.72. The summed E-state index contributed by atoms with van der Waals surface area (Å²) < 4.78 is 19.9. The van der Waals surface area contributed by atoms with Gasteiger partial charge in [-0.05, 0) is 50.7 Å². The molecule has 1 saturated heterocycles. The third kappa shape index (κ3) is 4.41. The number of halogens is 1. The van der Waals surface area contributed by atoms with Crippen molar-refractivity contribution < 1.29 is 23.8 Å². The van der Waals surface area contributed by atoms with Gasteiger partial charge in [0.1, 0.15) is 0 Å². The van der Waals surface area contributed by atoms with Crippen LogP contribution in [0.4, 0.5) is 14.9 Å². The van der Waals surface area contributed by atoms with Crippen molar-refractivity contribution in [1.29, 1.82) is 0 Å². The molecule has 2 fully saturated rings. The van der Waals surface area contributed by atoms with E-state index in [-0.39, 0.29) is 18.4 Å². The van der Waals surface area contributed by atoms with Crippen molar-refractivity contribution in [3.63, 3.8) is 0 Å². The van der Waals surface area contributed by atoms with Crippen LogP contribution in [-0.2, 0) is 4.79 Å². The Morgan fingerprint density at radius 1 is 1.20 bits per heavy atom. The van der Waals surface area contributed by atoms with E-state index in [0.29, 0.717) is 25.1 Å². The first kappa shape index (κ1) is 17.5. The number of carboxylic acid groups (broad SMARTS) is 1. The number of hydrogen-bond acceptors (Lipinski definition) is 3. The van der Waals surface area contributed by atoms with E-state index in [1.165, 1.54) is 17.0 Å². The molecule has 7 heteroatoms. The fourth-order valence-electron chi connectivity index (χ4n) is 3.43. The molecule has 1 aromatic rings. The lowest BCUT2D eigenvalue weighted by molar-refractivity contribution is -0.143. The van der Waals surface area contributed by atoms with Gasteiger partial charge in [0.15, 0.2) is 11.6 Å². The van der Waals surface area contributed by atoms with Crippen LogP contribution in [0.25, 0.3) is 0 Å². The maximum absolute atomic E-state index is 14.2. The van der Waals surface area contributed by atoms with Crippen LogP contribution < -0.4 is 10.1 Å². The predicted octanol–water partition coefficient (Wildman–Crippen LogP) is 3.48. The van der Waals surface area contributed by atoms with Crippen LogP contribution in [0.15, 0.2) is 18.2 Å². The van der Waals surface area contributed by atoms with Crippen LogP contribution in [0.3, 0.4) is 0 Å². The number of carbonyl (C=O) groups excluding carboxylic acids is 1. The minimum atomic E-state index is -0.892. The molecule has 1 atom stereocenters. The number of carbonyl (C=O) groups is 2. The summed E-state index contributed by atoms with van der Waals surface area (Å²) >= 11 is 0. The van der Waals surface area contributed by atoms with Crippen molar-refractivity contribution in [3.8, 4) is 5.75 Å². The lowest BCUT2D eigenvalue weighted by Gasteiger charge is -2.30. The number of amides is 2. The van der Waals surface area contributed by atoms with E-state index in [1.807, 2.05) is 0 Å². The van der Waals surface area contributed by atoms with Crippen molar-refractivity contribution in [2.45, 2.75) is 44.6 Å². The summed E-state index contributed by atoms with van der Waals surface area (Å²) in [5.74, 6) is -1.74. The minimum absolute atomic E-state index is 0.0660. The number of likely N-dealkylation sites (tertiary alicyclic amines) is 1. The van der Waals surface area contributed by atoms with E-state index in [1.54, 1.807) is 6.07 Å². The van der Waals surface area contributed by atoms with Crippen molar-refractivity contribution in [1.82, 2.24) is 4.90 Å². The van der Waals surface area contributed by atoms with E-state index in [2.05, 4.69) is 5.32 Å². The van der Waals surface area contributed by atoms with Crippen LogP contribution in [0.1, 0.15) is 38.5 Å². The van der Waals surface area contributed by atoms with Gasteiger partial charge in [0.05, 0.1) is 12.0 Å². The Hall–Kier alpha value is -2.31. The quantitative estimate of drug-likeness (QED) is 0.871. The van der Waals surface area contributed by atoms with E-state index in [0.717, 1.165) is 25.7 Å². The normalized spacial score (nSPS) is 21.2. The summed E-state index contributed by atoms with van der Waals surface area (Å²) in [6, 6.07) is 3.96. The van der Waals surface area contributed by atoms with Gasteiger partial charge in [-0.25, -0.2) is 9.18 Å². The molecule has 1 aliphatic heterocycles. The van der Waals surface area contributed by atoms with E-state index < -0.39 is 23.7 Å². The van der Waals surface area contributed by atoms with Crippen molar-refractivity contribution in [2.24, 2.45) is 5.92 Å². The highest BCUT2D eigenvalue weighted by Gasteiger charge is 2.28. The molecular formula is C18H23FN2O4. The molecule has 0 bridgehead atoms.